The third kappa shape index (κ3) is 2.31. The first-order valence-corrected chi connectivity index (χ1v) is 5.41. The van der Waals surface area contributed by atoms with Crippen molar-refractivity contribution in [3.63, 3.8) is 0 Å². The molecule has 0 amide bonds. The van der Waals surface area contributed by atoms with E-state index >= 15 is 0 Å². The van der Waals surface area contributed by atoms with E-state index < -0.39 is 0 Å². The fourth-order valence-electron chi connectivity index (χ4n) is 1.47. The Morgan fingerprint density at radius 3 is 2.07 bits per heavy atom. The fourth-order valence-corrected chi connectivity index (χ4v) is 1.47. The quantitative estimate of drug-likeness (QED) is 0.621. The lowest BCUT2D eigenvalue weighted by Crippen LogP contribution is -2.15. The second-order valence-electron chi connectivity index (χ2n) is 4.76. The number of hydrogen-bond acceptors (Lipinski definition) is 0. The van der Waals surface area contributed by atoms with E-state index in [0.717, 1.165) is 0 Å². The summed E-state index contributed by atoms with van der Waals surface area (Å²) in [5, 5.41) is 0. The molecule has 1 aromatic carbocycles. The Morgan fingerprint density at radius 1 is 1.21 bits per heavy atom. The summed E-state index contributed by atoms with van der Waals surface area (Å²) in [5.41, 5.74) is 3.04. The summed E-state index contributed by atoms with van der Waals surface area (Å²) in [5.74, 6) is 0.383. The first-order chi connectivity index (χ1) is 6.47. The summed E-state index contributed by atoms with van der Waals surface area (Å²) in [6, 6.07) is 8.87. The van der Waals surface area contributed by atoms with Gasteiger partial charge in [0.05, 0.1) is 6.92 Å². The maximum absolute atomic E-state index is 4.02. The summed E-state index contributed by atoms with van der Waals surface area (Å²) in [6.45, 7) is 13.0. The standard InChI is InChI=1S/C14H21/c1-6-14(4,5)13-9-7-12(8-10-13)11(2)3/h7-11H,2,6H2,1,3-5H3/q+1. The van der Waals surface area contributed by atoms with E-state index in [1.54, 1.807) is 0 Å². The molecule has 0 aliphatic carbocycles. The molecule has 0 saturated carbocycles. The van der Waals surface area contributed by atoms with Crippen molar-refractivity contribution in [3.8, 4) is 0 Å². The van der Waals surface area contributed by atoms with Crippen molar-refractivity contribution in [1.82, 2.24) is 0 Å². The highest BCUT2D eigenvalue weighted by molar-refractivity contribution is 5.29. The van der Waals surface area contributed by atoms with Crippen LogP contribution in [0.3, 0.4) is 0 Å². The van der Waals surface area contributed by atoms with Crippen molar-refractivity contribution in [2.45, 2.75) is 45.4 Å². The molecule has 0 aliphatic heterocycles. The average Bonchev–Trinajstić information content (AvgIpc) is 2.18. The molecule has 0 aliphatic rings. The molecule has 0 bridgehead atoms. The fraction of sp³-hybridized carbons (Fsp3) is 0.500. The van der Waals surface area contributed by atoms with Gasteiger partial charge in [0.25, 0.3) is 0 Å². The molecule has 0 radical (unpaired) electrons. The number of benzene rings is 1. The Kier molecular flexibility index (Phi) is 3.25. The van der Waals surface area contributed by atoms with Gasteiger partial charge in [-0.2, -0.15) is 0 Å². The van der Waals surface area contributed by atoms with E-state index in [4.69, 9.17) is 0 Å². The summed E-state index contributed by atoms with van der Waals surface area (Å²) in [4.78, 5) is 0. The molecule has 1 unspecified atom stereocenters. The summed E-state index contributed by atoms with van der Waals surface area (Å²) >= 11 is 0. The average molecular weight is 189 g/mol. The van der Waals surface area contributed by atoms with Gasteiger partial charge in [0.15, 0.2) is 0 Å². The van der Waals surface area contributed by atoms with Crippen molar-refractivity contribution in [2.24, 2.45) is 0 Å². The van der Waals surface area contributed by atoms with Crippen LogP contribution < -0.4 is 0 Å². The summed E-state index contributed by atoms with van der Waals surface area (Å²) in [6.07, 6.45) is 1.17. The Labute approximate surface area is 88.4 Å². The second kappa shape index (κ2) is 4.08. The van der Waals surface area contributed by atoms with Crippen LogP contribution in [0.4, 0.5) is 0 Å². The zero-order chi connectivity index (χ0) is 10.8. The Bertz CT molecular complexity index is 277. The van der Waals surface area contributed by atoms with Crippen LogP contribution in [-0.4, -0.2) is 0 Å². The van der Waals surface area contributed by atoms with Gasteiger partial charge in [0.2, 0.25) is 0 Å². The molecular weight excluding hydrogens is 168 g/mol. The first kappa shape index (κ1) is 11.2. The van der Waals surface area contributed by atoms with Gasteiger partial charge in [0, 0.05) is 0 Å². The van der Waals surface area contributed by atoms with E-state index in [1.165, 1.54) is 17.5 Å². The lowest BCUT2D eigenvalue weighted by atomic mass is 9.81. The minimum atomic E-state index is 0.295. The van der Waals surface area contributed by atoms with E-state index in [2.05, 4.69) is 58.9 Å². The molecule has 0 N–H and O–H groups in total. The van der Waals surface area contributed by atoms with Crippen LogP contribution in [0.1, 0.15) is 51.2 Å². The molecule has 0 saturated heterocycles. The van der Waals surface area contributed by atoms with Crippen molar-refractivity contribution in [3.05, 3.63) is 42.3 Å². The van der Waals surface area contributed by atoms with E-state index in [-0.39, 0.29) is 0 Å². The molecule has 14 heavy (non-hydrogen) atoms. The minimum Gasteiger partial charge on any atom is -0.0646 e. The predicted molar refractivity (Wildman–Crippen MR) is 63.5 cm³/mol. The predicted octanol–water partition coefficient (Wildman–Crippen LogP) is 4.31. The topological polar surface area (TPSA) is 0 Å². The molecule has 0 fully saturated rings. The van der Waals surface area contributed by atoms with Crippen LogP contribution in [0.5, 0.6) is 0 Å². The highest BCUT2D eigenvalue weighted by Gasteiger charge is 2.17. The van der Waals surface area contributed by atoms with Crippen molar-refractivity contribution in [1.29, 1.82) is 0 Å². The highest BCUT2D eigenvalue weighted by Crippen LogP contribution is 2.27. The van der Waals surface area contributed by atoms with Gasteiger partial charge in [-0.1, -0.05) is 45.0 Å². The largest absolute Gasteiger partial charge is 0.117 e. The zero-order valence-electron chi connectivity index (χ0n) is 9.80. The maximum Gasteiger partial charge on any atom is 0.117 e. The van der Waals surface area contributed by atoms with Gasteiger partial charge in [-0.3, -0.25) is 0 Å². The van der Waals surface area contributed by atoms with Gasteiger partial charge in [-0.25, -0.2) is 0 Å². The van der Waals surface area contributed by atoms with Crippen molar-refractivity contribution >= 4 is 0 Å². The van der Waals surface area contributed by atoms with Crippen LogP contribution in [0.15, 0.2) is 24.3 Å². The Hall–Kier alpha value is -0.910. The van der Waals surface area contributed by atoms with Crippen LogP contribution in [0, 0.1) is 6.92 Å². The van der Waals surface area contributed by atoms with Crippen LogP contribution >= 0.6 is 0 Å². The van der Waals surface area contributed by atoms with Gasteiger partial charge < -0.3 is 0 Å². The number of hydrogen-bond donors (Lipinski definition) is 0. The molecule has 1 rings (SSSR count). The lowest BCUT2D eigenvalue weighted by Gasteiger charge is -2.23. The van der Waals surface area contributed by atoms with Gasteiger partial charge in [-0.15, -0.1) is 0 Å². The molecule has 0 heteroatoms. The van der Waals surface area contributed by atoms with Gasteiger partial charge in [-0.05, 0) is 29.9 Å². The molecule has 1 atom stereocenters. The lowest BCUT2D eigenvalue weighted by molar-refractivity contribution is 0.506. The SMILES string of the molecule is [CH2+]C(C)c1ccc(C(C)(C)CC)cc1. The third-order valence-corrected chi connectivity index (χ3v) is 3.15. The summed E-state index contributed by atoms with van der Waals surface area (Å²) in [7, 11) is 0. The highest BCUT2D eigenvalue weighted by atomic mass is 14.2. The molecular formula is C14H21+. The van der Waals surface area contributed by atoms with E-state index in [0.29, 0.717) is 11.3 Å². The normalized spacial score (nSPS) is 14.0. The van der Waals surface area contributed by atoms with E-state index in [9.17, 15) is 0 Å². The third-order valence-electron chi connectivity index (χ3n) is 3.15. The first-order valence-electron chi connectivity index (χ1n) is 5.41. The minimum absolute atomic E-state index is 0.295. The Morgan fingerprint density at radius 2 is 1.71 bits per heavy atom. The Balaban J connectivity index is 2.94. The van der Waals surface area contributed by atoms with Crippen molar-refractivity contribution < 1.29 is 0 Å². The van der Waals surface area contributed by atoms with E-state index in [1.807, 2.05) is 0 Å². The number of rotatable bonds is 3. The molecule has 76 valence electrons. The monoisotopic (exact) mass is 189 g/mol. The molecule has 0 heterocycles. The van der Waals surface area contributed by atoms with Crippen molar-refractivity contribution in [2.75, 3.05) is 0 Å². The van der Waals surface area contributed by atoms with Crippen LogP contribution in [-0.2, 0) is 5.41 Å². The molecule has 0 aromatic heterocycles. The van der Waals surface area contributed by atoms with Gasteiger partial charge in [0.1, 0.15) is 5.92 Å². The maximum atomic E-state index is 4.02. The smallest absolute Gasteiger partial charge is 0.0646 e. The second-order valence-corrected chi connectivity index (χ2v) is 4.76. The molecule has 0 spiro atoms. The molecule has 0 nitrogen and oxygen atoms in total. The molecule has 1 aromatic rings. The van der Waals surface area contributed by atoms with Crippen LogP contribution in [0.25, 0.3) is 0 Å². The summed E-state index contributed by atoms with van der Waals surface area (Å²) < 4.78 is 0. The zero-order valence-corrected chi connectivity index (χ0v) is 9.80. The van der Waals surface area contributed by atoms with Gasteiger partial charge >= 0.3 is 0 Å². The van der Waals surface area contributed by atoms with Crippen LogP contribution in [0.2, 0.25) is 0 Å².